The fourth-order valence-electron chi connectivity index (χ4n) is 1.06. The predicted molar refractivity (Wildman–Crippen MR) is 44.7 cm³/mol. The quantitative estimate of drug-likeness (QED) is 0.507. The van der Waals surface area contributed by atoms with Gasteiger partial charge < -0.3 is 4.74 Å². The van der Waals surface area contributed by atoms with Crippen LogP contribution in [-0.2, 0) is 4.74 Å². The Kier molecular flexibility index (Phi) is 1.48. The average Bonchev–Trinajstić information content (AvgIpc) is 2.28. The summed E-state index contributed by atoms with van der Waals surface area (Å²) in [5.74, 6) is 0. The van der Waals surface area contributed by atoms with Crippen LogP contribution in [0.5, 0.6) is 0 Å². The van der Waals surface area contributed by atoms with Gasteiger partial charge in [-0.3, -0.25) is 0 Å². The Morgan fingerprint density at radius 2 is 1.91 bits per heavy atom. The van der Waals surface area contributed by atoms with Crippen LogP contribution in [0.25, 0.3) is 0 Å². The van der Waals surface area contributed by atoms with E-state index in [2.05, 4.69) is 6.08 Å². The Morgan fingerprint density at radius 3 is 2.91 bits per heavy atom. The Bertz CT molecular complexity index is 301. The van der Waals surface area contributed by atoms with Crippen molar-refractivity contribution in [2.75, 3.05) is 0 Å². The Morgan fingerprint density at radius 1 is 0.909 bits per heavy atom. The van der Waals surface area contributed by atoms with Gasteiger partial charge in [-0.05, 0) is 11.6 Å². The van der Waals surface area contributed by atoms with Crippen molar-refractivity contribution < 1.29 is 4.74 Å². The fraction of sp³-hybridized carbons (Fsp3) is 0. The minimum Gasteiger partial charge on any atom is -0.472 e. The van der Waals surface area contributed by atoms with E-state index in [0.717, 1.165) is 5.57 Å². The second-order valence-corrected chi connectivity index (χ2v) is 2.38. The van der Waals surface area contributed by atoms with Crippen LogP contribution in [0.1, 0.15) is 0 Å². The van der Waals surface area contributed by atoms with E-state index in [4.69, 9.17) is 4.74 Å². The first-order chi connectivity index (χ1) is 5.47. The molecule has 0 amide bonds. The summed E-state index contributed by atoms with van der Waals surface area (Å²) >= 11 is 0. The monoisotopic (exact) mass is 144 g/mol. The molecule has 54 valence electrons. The van der Waals surface area contributed by atoms with Crippen molar-refractivity contribution in [3.63, 3.8) is 0 Å². The molecule has 0 atom stereocenters. The van der Waals surface area contributed by atoms with Crippen molar-refractivity contribution >= 4 is 0 Å². The van der Waals surface area contributed by atoms with Crippen LogP contribution < -0.4 is 0 Å². The first-order valence-electron chi connectivity index (χ1n) is 3.54. The highest BCUT2D eigenvalue weighted by Gasteiger charge is 2.02. The van der Waals surface area contributed by atoms with Crippen molar-refractivity contribution in [1.82, 2.24) is 0 Å². The number of rotatable bonds is 0. The minimum atomic E-state index is 1.12. The van der Waals surface area contributed by atoms with Crippen molar-refractivity contribution in [1.29, 1.82) is 0 Å². The zero-order valence-electron chi connectivity index (χ0n) is 6.03. The molecule has 1 nitrogen and oxygen atoms in total. The third-order valence-electron chi connectivity index (χ3n) is 1.63. The molecule has 1 heteroatoms. The highest BCUT2D eigenvalue weighted by atomic mass is 16.5. The maximum Gasteiger partial charge on any atom is 0.0979 e. The minimum absolute atomic E-state index is 1.12. The van der Waals surface area contributed by atoms with Gasteiger partial charge >= 0.3 is 0 Å². The molecule has 0 saturated heterocycles. The van der Waals surface area contributed by atoms with Crippen molar-refractivity contribution in [3.05, 3.63) is 60.1 Å². The lowest BCUT2D eigenvalue weighted by Crippen LogP contribution is -1.88. The maximum atomic E-state index is 5.03. The second kappa shape index (κ2) is 2.62. The summed E-state index contributed by atoms with van der Waals surface area (Å²) in [5.41, 5.74) is 2.32. The molecule has 1 aliphatic heterocycles. The van der Waals surface area contributed by atoms with Crippen LogP contribution in [0.3, 0.4) is 0 Å². The first kappa shape index (κ1) is 6.23. The molecule has 0 bridgehead atoms. The molecule has 0 unspecified atom stereocenters. The zero-order chi connectivity index (χ0) is 7.52. The summed E-state index contributed by atoms with van der Waals surface area (Å²) in [6.07, 6.45) is 15.5. The molecule has 11 heavy (non-hydrogen) atoms. The third-order valence-corrected chi connectivity index (χ3v) is 1.63. The van der Waals surface area contributed by atoms with E-state index in [1.807, 2.05) is 30.4 Å². The molecular formula is C10H8O. The number of hydrogen-bond donors (Lipinski definition) is 0. The van der Waals surface area contributed by atoms with Gasteiger partial charge in [-0.1, -0.05) is 30.4 Å². The van der Waals surface area contributed by atoms with E-state index in [9.17, 15) is 0 Å². The normalized spacial score (nSPS) is 19.6. The van der Waals surface area contributed by atoms with Gasteiger partial charge in [-0.2, -0.15) is 0 Å². The molecule has 1 aliphatic carbocycles. The molecule has 0 fully saturated rings. The molecular weight excluding hydrogens is 136 g/mol. The molecule has 0 aromatic heterocycles. The number of allylic oxidation sites excluding steroid dienone is 8. The molecule has 0 saturated carbocycles. The zero-order valence-corrected chi connectivity index (χ0v) is 6.03. The van der Waals surface area contributed by atoms with Crippen LogP contribution in [0.15, 0.2) is 60.1 Å². The lowest BCUT2D eigenvalue weighted by Gasteiger charge is -2.06. The second-order valence-electron chi connectivity index (χ2n) is 2.38. The van der Waals surface area contributed by atoms with E-state index in [1.165, 1.54) is 5.57 Å². The Labute approximate surface area is 65.7 Å². The SMILES string of the molecule is C1=CC=C2C=COC=C2C=C1. The van der Waals surface area contributed by atoms with Gasteiger partial charge in [0, 0.05) is 5.57 Å². The summed E-state index contributed by atoms with van der Waals surface area (Å²) in [7, 11) is 0. The third kappa shape index (κ3) is 1.17. The summed E-state index contributed by atoms with van der Waals surface area (Å²) < 4.78 is 5.03. The van der Waals surface area contributed by atoms with Crippen LogP contribution in [0.2, 0.25) is 0 Å². The average molecular weight is 144 g/mol. The lowest BCUT2D eigenvalue weighted by molar-refractivity contribution is 0.395. The molecule has 0 aromatic carbocycles. The topological polar surface area (TPSA) is 9.23 Å². The predicted octanol–water partition coefficient (Wildman–Crippen LogP) is 2.47. The standard InChI is InChI=1S/C10H8O/c1-2-4-9-6-7-11-8-10(9)5-3-1/h1-8H. The largest absolute Gasteiger partial charge is 0.472 e. The highest BCUT2D eigenvalue weighted by molar-refractivity contribution is 5.50. The van der Waals surface area contributed by atoms with Crippen LogP contribution in [0, 0.1) is 0 Å². The van der Waals surface area contributed by atoms with Gasteiger partial charge in [0.2, 0.25) is 0 Å². The highest BCUT2D eigenvalue weighted by Crippen LogP contribution is 2.19. The smallest absolute Gasteiger partial charge is 0.0979 e. The molecule has 1 heterocycles. The van der Waals surface area contributed by atoms with Crippen LogP contribution in [0.4, 0.5) is 0 Å². The number of ether oxygens (including phenoxy) is 1. The summed E-state index contributed by atoms with van der Waals surface area (Å²) in [6.45, 7) is 0. The molecule has 2 rings (SSSR count). The molecule has 0 spiro atoms. The molecule has 0 N–H and O–H groups in total. The molecule has 0 aromatic rings. The van der Waals surface area contributed by atoms with Gasteiger partial charge in [0.05, 0.1) is 12.5 Å². The maximum absolute atomic E-state index is 5.03. The van der Waals surface area contributed by atoms with Gasteiger partial charge in [-0.15, -0.1) is 0 Å². The van der Waals surface area contributed by atoms with E-state index in [1.54, 1.807) is 12.5 Å². The van der Waals surface area contributed by atoms with Gasteiger partial charge in [0.1, 0.15) is 0 Å². The Balaban J connectivity index is 2.44. The number of hydrogen-bond acceptors (Lipinski definition) is 1. The first-order valence-corrected chi connectivity index (χ1v) is 3.54. The fourth-order valence-corrected chi connectivity index (χ4v) is 1.06. The van der Waals surface area contributed by atoms with E-state index in [-0.39, 0.29) is 0 Å². The lowest BCUT2D eigenvalue weighted by atomic mass is 10.1. The van der Waals surface area contributed by atoms with Crippen molar-refractivity contribution in [2.45, 2.75) is 0 Å². The van der Waals surface area contributed by atoms with Gasteiger partial charge in [-0.25, -0.2) is 0 Å². The van der Waals surface area contributed by atoms with E-state index in [0.29, 0.717) is 0 Å². The summed E-state index contributed by atoms with van der Waals surface area (Å²) in [4.78, 5) is 0. The van der Waals surface area contributed by atoms with Crippen LogP contribution >= 0.6 is 0 Å². The van der Waals surface area contributed by atoms with E-state index < -0.39 is 0 Å². The van der Waals surface area contributed by atoms with Gasteiger partial charge in [0.25, 0.3) is 0 Å². The Hall–Kier alpha value is -1.50. The van der Waals surface area contributed by atoms with Crippen molar-refractivity contribution in [3.8, 4) is 0 Å². The van der Waals surface area contributed by atoms with Gasteiger partial charge in [0.15, 0.2) is 0 Å². The summed E-state index contributed by atoms with van der Waals surface area (Å²) in [6, 6.07) is 0. The van der Waals surface area contributed by atoms with Crippen LogP contribution in [-0.4, -0.2) is 0 Å². The summed E-state index contributed by atoms with van der Waals surface area (Å²) in [5, 5.41) is 0. The molecule has 0 radical (unpaired) electrons. The molecule has 2 aliphatic rings. The number of fused-ring (bicyclic) bond motifs is 1. The van der Waals surface area contributed by atoms with E-state index >= 15 is 0 Å². The van der Waals surface area contributed by atoms with Crippen molar-refractivity contribution in [2.24, 2.45) is 0 Å².